The zero-order valence-corrected chi connectivity index (χ0v) is 29.1. The van der Waals surface area contributed by atoms with Gasteiger partial charge in [0.25, 0.3) is 5.88 Å². The van der Waals surface area contributed by atoms with Gasteiger partial charge in [0.15, 0.2) is 0 Å². The van der Waals surface area contributed by atoms with Gasteiger partial charge < -0.3 is 19.5 Å². The molecule has 2 fully saturated rings. The molecule has 0 amide bonds. The number of morpholine rings is 1. The molecule has 16 heteroatoms. The second-order valence-electron chi connectivity index (χ2n) is 13.3. The lowest BCUT2D eigenvalue weighted by atomic mass is 9.89. The summed E-state index contributed by atoms with van der Waals surface area (Å²) in [6.07, 6.45) is 15.2. The van der Waals surface area contributed by atoms with Crippen molar-refractivity contribution in [3.63, 3.8) is 0 Å². The van der Waals surface area contributed by atoms with Gasteiger partial charge in [-0.3, -0.25) is 14.3 Å². The molecule has 7 rings (SSSR count). The van der Waals surface area contributed by atoms with Crippen LogP contribution in [0.5, 0.6) is 11.6 Å². The average molecular weight is 694 g/mol. The van der Waals surface area contributed by atoms with Gasteiger partial charge in [-0.15, -0.1) is 10.2 Å². The fraction of sp³-hybridized carbons (Fsp3) is 0.486. The highest BCUT2D eigenvalue weighted by molar-refractivity contribution is 5.67. The Morgan fingerprint density at radius 2 is 1.82 bits per heavy atom. The quantitative estimate of drug-likeness (QED) is 0.185. The first-order valence-electron chi connectivity index (χ1n) is 17.5. The molecule has 1 aliphatic carbocycles. The van der Waals surface area contributed by atoms with E-state index in [0.717, 1.165) is 49.9 Å². The normalized spacial score (nSPS) is 21.5. The number of hydrogen-bond acceptors (Lipinski definition) is 13. The second-order valence-corrected chi connectivity index (χ2v) is 13.3. The molecule has 2 aliphatic rings. The minimum absolute atomic E-state index is 0.267. The minimum atomic E-state index is -0.275. The van der Waals surface area contributed by atoms with Gasteiger partial charge in [-0.05, 0) is 80.6 Å². The van der Waals surface area contributed by atoms with Crippen LogP contribution in [0, 0.1) is 11.3 Å². The maximum absolute atomic E-state index is 9.69. The number of nitrogens with one attached hydrogen (secondary N) is 1. The molecule has 1 N–H and O–H groups in total. The van der Waals surface area contributed by atoms with Crippen LogP contribution < -0.4 is 14.8 Å². The number of ether oxygens (including phenoxy) is 3. The van der Waals surface area contributed by atoms with Crippen molar-refractivity contribution in [2.24, 2.45) is 0 Å². The largest absolute Gasteiger partial charge is 0.487 e. The summed E-state index contributed by atoms with van der Waals surface area (Å²) in [5.41, 5.74) is 2.72. The molecule has 16 nitrogen and oxygen atoms in total. The van der Waals surface area contributed by atoms with Crippen molar-refractivity contribution in [3.8, 4) is 28.8 Å². The Balaban J connectivity index is 1.04. The first kappa shape index (κ1) is 34.1. The van der Waals surface area contributed by atoms with Crippen LogP contribution in [0.1, 0.15) is 58.1 Å². The van der Waals surface area contributed by atoms with E-state index in [0.29, 0.717) is 54.6 Å². The molecule has 0 bridgehead atoms. The molecule has 5 aromatic rings. The monoisotopic (exact) mass is 693 g/mol. The Labute approximate surface area is 296 Å². The van der Waals surface area contributed by atoms with Crippen LogP contribution in [0.3, 0.4) is 0 Å². The van der Waals surface area contributed by atoms with Crippen LogP contribution in [-0.4, -0.2) is 98.7 Å². The van der Waals surface area contributed by atoms with Crippen molar-refractivity contribution in [1.29, 1.82) is 5.26 Å². The molecule has 1 saturated heterocycles. The Bertz CT molecular complexity index is 1870. The van der Waals surface area contributed by atoms with Crippen LogP contribution >= 0.6 is 0 Å². The molecular formula is C35H43N13O3. The molecule has 1 aromatic carbocycles. The number of nitriles is 1. The topological polar surface area (TPSA) is 172 Å². The van der Waals surface area contributed by atoms with E-state index in [-0.39, 0.29) is 24.4 Å². The Morgan fingerprint density at radius 3 is 2.53 bits per heavy atom. The van der Waals surface area contributed by atoms with Crippen molar-refractivity contribution < 1.29 is 14.2 Å². The maximum atomic E-state index is 9.69. The molecule has 0 spiro atoms. The molecule has 0 unspecified atom stereocenters. The van der Waals surface area contributed by atoms with E-state index in [1.54, 1.807) is 29.3 Å². The zero-order valence-electron chi connectivity index (χ0n) is 29.1. The summed E-state index contributed by atoms with van der Waals surface area (Å²) in [5.74, 6) is 1.37. The van der Waals surface area contributed by atoms with Crippen LogP contribution in [0.25, 0.3) is 11.1 Å². The molecule has 4 aromatic heterocycles. The molecule has 1 aliphatic heterocycles. The Hall–Kier alpha value is -5.40. The number of rotatable bonds is 13. The average Bonchev–Trinajstić information content (AvgIpc) is 3.92. The molecule has 0 radical (unpaired) electrons. The smallest absolute Gasteiger partial charge is 0.257 e. The summed E-state index contributed by atoms with van der Waals surface area (Å²) < 4.78 is 23.7. The third-order valence-electron chi connectivity index (χ3n) is 9.32. The number of nitrogens with zero attached hydrogens (tertiary/aromatic N) is 12. The van der Waals surface area contributed by atoms with Gasteiger partial charge in [0, 0.05) is 49.5 Å². The molecule has 266 valence electrons. The van der Waals surface area contributed by atoms with E-state index >= 15 is 0 Å². The summed E-state index contributed by atoms with van der Waals surface area (Å²) in [6, 6.07) is 10.3. The van der Waals surface area contributed by atoms with Gasteiger partial charge in [-0.2, -0.15) is 10.4 Å². The number of hydrogen-bond donors (Lipinski definition) is 1. The predicted molar refractivity (Wildman–Crippen MR) is 186 cm³/mol. The lowest BCUT2D eigenvalue weighted by Gasteiger charge is -2.42. The number of anilines is 2. The highest BCUT2D eigenvalue weighted by atomic mass is 16.5. The van der Waals surface area contributed by atoms with Gasteiger partial charge >= 0.3 is 0 Å². The zero-order chi connectivity index (χ0) is 35.2. The third-order valence-corrected chi connectivity index (χ3v) is 9.32. The van der Waals surface area contributed by atoms with E-state index < -0.39 is 0 Å². The summed E-state index contributed by atoms with van der Waals surface area (Å²) in [4.78, 5) is 11.8. The van der Waals surface area contributed by atoms with Gasteiger partial charge in [-0.25, -0.2) is 14.6 Å². The van der Waals surface area contributed by atoms with Gasteiger partial charge in [0.05, 0.1) is 43.1 Å². The summed E-state index contributed by atoms with van der Waals surface area (Å²) in [7, 11) is 0. The van der Waals surface area contributed by atoms with Crippen molar-refractivity contribution >= 4 is 11.6 Å². The predicted octanol–water partition coefficient (Wildman–Crippen LogP) is 4.28. The fourth-order valence-electron chi connectivity index (χ4n) is 6.96. The van der Waals surface area contributed by atoms with E-state index in [9.17, 15) is 5.26 Å². The van der Waals surface area contributed by atoms with E-state index in [4.69, 9.17) is 19.3 Å². The highest BCUT2D eigenvalue weighted by Crippen LogP contribution is 2.35. The summed E-state index contributed by atoms with van der Waals surface area (Å²) in [5, 5.41) is 33.4. The van der Waals surface area contributed by atoms with Gasteiger partial charge in [0.2, 0.25) is 5.95 Å². The molecule has 1 saturated carbocycles. The van der Waals surface area contributed by atoms with Crippen LogP contribution in [0.2, 0.25) is 0 Å². The third kappa shape index (κ3) is 8.50. The van der Waals surface area contributed by atoms with Crippen molar-refractivity contribution in [2.45, 2.75) is 89.9 Å². The number of aromatic nitrogens is 10. The van der Waals surface area contributed by atoms with Crippen LogP contribution in [-0.2, 0) is 17.8 Å². The highest BCUT2D eigenvalue weighted by Gasteiger charge is 2.32. The van der Waals surface area contributed by atoms with Crippen molar-refractivity contribution in [2.75, 3.05) is 25.0 Å². The van der Waals surface area contributed by atoms with E-state index in [1.807, 2.05) is 46.9 Å². The van der Waals surface area contributed by atoms with Crippen LogP contribution in [0.4, 0.5) is 11.6 Å². The Morgan fingerprint density at radius 1 is 1.04 bits per heavy atom. The second kappa shape index (κ2) is 15.7. The molecule has 3 atom stereocenters. The Kier molecular flexibility index (Phi) is 10.5. The lowest BCUT2D eigenvalue weighted by molar-refractivity contribution is -0.0852. The van der Waals surface area contributed by atoms with Crippen molar-refractivity contribution in [3.05, 3.63) is 67.1 Å². The summed E-state index contributed by atoms with van der Waals surface area (Å²) >= 11 is 0. The molecule has 5 heterocycles. The van der Waals surface area contributed by atoms with Crippen molar-refractivity contribution in [1.82, 2.24) is 54.6 Å². The van der Waals surface area contributed by atoms with Gasteiger partial charge in [0.1, 0.15) is 36.5 Å². The fourth-order valence-corrected chi connectivity index (χ4v) is 6.96. The molecular weight excluding hydrogens is 650 g/mol. The minimum Gasteiger partial charge on any atom is -0.487 e. The first-order valence-corrected chi connectivity index (χ1v) is 17.5. The van der Waals surface area contributed by atoms with Crippen LogP contribution in [0.15, 0.2) is 61.6 Å². The number of benzene rings is 1. The van der Waals surface area contributed by atoms with E-state index in [2.05, 4.69) is 60.7 Å². The van der Waals surface area contributed by atoms with Gasteiger partial charge in [-0.1, -0.05) is 6.07 Å². The molecule has 51 heavy (non-hydrogen) atoms. The number of tetrazole rings is 1. The first-order chi connectivity index (χ1) is 24.9. The SMILES string of the molecule is C[C@@H]1CN([C@H]2CC[C@H](n3cc(Nc4ncc(-c5ccc(C#N)c(O[C@@H](C)Cn6cnnn6)c5)cn4)c(OCCn4cccn4)n3)CC2)C[C@H](C)O1. The standard InChI is InChI=1S/C35H43N13O3/c1-24-19-45(20-25(2)50-24)30-7-9-31(10-8-30)48-22-32(34(42-48)49-14-13-46-12-4-11-40-46)41-35-37-17-29(18-38-35)27-5-6-28(16-36)33(15-27)51-26(3)21-47-23-39-43-44-47/h4-6,11-12,15,17-18,22-26,30-31H,7-10,13-14,19-21H2,1-3H3,(H,37,38,41)/t24-,25+,26-,30-,31-/m0/s1. The summed E-state index contributed by atoms with van der Waals surface area (Å²) in [6.45, 7) is 9.65. The van der Waals surface area contributed by atoms with E-state index in [1.165, 1.54) is 6.33 Å². The maximum Gasteiger partial charge on any atom is 0.257 e. The lowest BCUT2D eigenvalue weighted by Crippen LogP contribution is -2.51.